The molecule has 1 N–H and O–H groups in total. The normalized spacial score (nSPS) is 17.4. The SMILES string of the molecule is Cc1ccc(C)c(-n2c(C)cc([C@@H]3[C@H](c4ccccn4)NC(=S)N3c3ccc(N(C)C)cc3)c2C)c1. The summed E-state index contributed by atoms with van der Waals surface area (Å²) in [5.74, 6) is 0. The molecule has 5 rings (SSSR count). The molecule has 2 aromatic heterocycles. The van der Waals surface area contributed by atoms with E-state index in [4.69, 9.17) is 17.2 Å². The van der Waals surface area contributed by atoms with Crippen LogP contribution in [0.4, 0.5) is 11.4 Å². The number of rotatable bonds is 5. The van der Waals surface area contributed by atoms with Gasteiger partial charge in [-0.1, -0.05) is 18.2 Å². The topological polar surface area (TPSA) is 36.3 Å². The molecular formula is C30H33N5S. The fourth-order valence-corrected chi connectivity index (χ4v) is 5.62. The number of aryl methyl sites for hydroxylation is 3. The Morgan fingerprint density at radius 3 is 2.33 bits per heavy atom. The number of hydrogen-bond acceptors (Lipinski definition) is 3. The summed E-state index contributed by atoms with van der Waals surface area (Å²) in [5, 5.41) is 4.31. The van der Waals surface area contributed by atoms with Crippen molar-refractivity contribution >= 4 is 28.7 Å². The number of hydrogen-bond donors (Lipinski definition) is 1. The van der Waals surface area contributed by atoms with Gasteiger partial charge in [-0.25, -0.2) is 0 Å². The van der Waals surface area contributed by atoms with Crippen LogP contribution < -0.4 is 15.1 Å². The predicted octanol–water partition coefficient (Wildman–Crippen LogP) is 6.35. The molecular weight excluding hydrogens is 462 g/mol. The van der Waals surface area contributed by atoms with E-state index in [1.54, 1.807) is 0 Å². The maximum atomic E-state index is 5.95. The van der Waals surface area contributed by atoms with Crippen LogP contribution in [0.5, 0.6) is 0 Å². The molecule has 5 nitrogen and oxygen atoms in total. The van der Waals surface area contributed by atoms with E-state index in [2.05, 4.69) is 116 Å². The summed E-state index contributed by atoms with van der Waals surface area (Å²) in [7, 11) is 4.11. The van der Waals surface area contributed by atoms with Gasteiger partial charge in [-0.2, -0.15) is 0 Å². The maximum Gasteiger partial charge on any atom is 0.174 e. The highest BCUT2D eigenvalue weighted by molar-refractivity contribution is 7.80. The Labute approximate surface area is 219 Å². The monoisotopic (exact) mass is 495 g/mol. The third-order valence-corrected chi connectivity index (χ3v) is 7.45. The molecule has 1 aliphatic rings. The Morgan fingerprint density at radius 2 is 1.67 bits per heavy atom. The van der Waals surface area contributed by atoms with E-state index >= 15 is 0 Å². The molecule has 0 unspecified atom stereocenters. The fourth-order valence-electron chi connectivity index (χ4n) is 5.28. The second kappa shape index (κ2) is 9.43. The molecule has 0 amide bonds. The summed E-state index contributed by atoms with van der Waals surface area (Å²) in [6.45, 7) is 8.72. The van der Waals surface area contributed by atoms with Gasteiger partial charge in [0.25, 0.3) is 0 Å². The van der Waals surface area contributed by atoms with Gasteiger partial charge >= 0.3 is 0 Å². The second-order valence-electron chi connectivity index (χ2n) is 9.86. The zero-order valence-electron chi connectivity index (χ0n) is 21.8. The minimum atomic E-state index is -0.0696. The van der Waals surface area contributed by atoms with Crippen LogP contribution in [0.2, 0.25) is 0 Å². The number of thiocarbonyl (C=S) groups is 1. The lowest BCUT2D eigenvalue weighted by atomic mass is 9.96. The van der Waals surface area contributed by atoms with Gasteiger partial charge < -0.3 is 19.7 Å². The quantitative estimate of drug-likeness (QED) is 0.327. The Bertz CT molecular complexity index is 1410. The molecule has 1 aliphatic heterocycles. The Morgan fingerprint density at radius 1 is 0.917 bits per heavy atom. The highest BCUT2D eigenvalue weighted by Gasteiger charge is 2.42. The van der Waals surface area contributed by atoms with E-state index in [-0.39, 0.29) is 12.1 Å². The smallest absolute Gasteiger partial charge is 0.174 e. The van der Waals surface area contributed by atoms with Crippen LogP contribution in [0.3, 0.4) is 0 Å². The largest absolute Gasteiger partial charge is 0.378 e. The Kier molecular flexibility index (Phi) is 6.31. The van der Waals surface area contributed by atoms with Crippen molar-refractivity contribution < 1.29 is 0 Å². The minimum Gasteiger partial charge on any atom is -0.378 e. The summed E-state index contributed by atoms with van der Waals surface area (Å²) in [4.78, 5) is 9.08. The first-order valence-electron chi connectivity index (χ1n) is 12.3. The highest BCUT2D eigenvalue weighted by atomic mass is 32.1. The predicted molar refractivity (Wildman–Crippen MR) is 153 cm³/mol. The molecule has 184 valence electrons. The molecule has 2 aromatic carbocycles. The van der Waals surface area contributed by atoms with Crippen molar-refractivity contribution in [3.8, 4) is 5.69 Å². The average Bonchev–Trinajstić information content (AvgIpc) is 3.36. The number of anilines is 2. The van der Waals surface area contributed by atoms with Crippen molar-refractivity contribution in [1.82, 2.24) is 14.9 Å². The van der Waals surface area contributed by atoms with Crippen molar-refractivity contribution in [3.05, 3.63) is 107 Å². The third kappa shape index (κ3) is 4.16. The van der Waals surface area contributed by atoms with E-state index in [9.17, 15) is 0 Å². The van der Waals surface area contributed by atoms with Gasteiger partial charge in [-0.05, 0) is 105 Å². The Balaban J connectivity index is 1.67. The van der Waals surface area contributed by atoms with Gasteiger partial charge in [0.05, 0.1) is 17.8 Å². The van der Waals surface area contributed by atoms with Crippen LogP contribution in [0.15, 0.2) is 72.9 Å². The molecule has 36 heavy (non-hydrogen) atoms. The average molecular weight is 496 g/mol. The zero-order valence-corrected chi connectivity index (χ0v) is 22.6. The number of benzene rings is 2. The van der Waals surface area contributed by atoms with Crippen molar-refractivity contribution in [2.24, 2.45) is 0 Å². The third-order valence-electron chi connectivity index (χ3n) is 7.14. The minimum absolute atomic E-state index is 0.0392. The number of nitrogens with zero attached hydrogens (tertiary/aromatic N) is 4. The van der Waals surface area contributed by atoms with Crippen molar-refractivity contribution in [2.75, 3.05) is 23.9 Å². The van der Waals surface area contributed by atoms with Crippen LogP contribution in [0.1, 0.15) is 45.9 Å². The molecule has 0 aliphatic carbocycles. The van der Waals surface area contributed by atoms with Crippen LogP contribution in [0.25, 0.3) is 5.69 Å². The summed E-state index contributed by atoms with van der Waals surface area (Å²) in [6.07, 6.45) is 1.85. The molecule has 1 saturated heterocycles. The highest BCUT2D eigenvalue weighted by Crippen LogP contribution is 2.44. The van der Waals surface area contributed by atoms with Crippen LogP contribution in [0, 0.1) is 27.7 Å². The fraction of sp³-hybridized carbons (Fsp3) is 0.267. The molecule has 6 heteroatoms. The molecule has 4 aromatic rings. The summed E-state index contributed by atoms with van der Waals surface area (Å²) in [5.41, 5.74) is 10.6. The van der Waals surface area contributed by atoms with Gasteiger partial charge in [0.1, 0.15) is 0 Å². The molecule has 0 saturated carbocycles. The van der Waals surface area contributed by atoms with E-state index in [0.29, 0.717) is 5.11 Å². The molecule has 0 bridgehead atoms. The van der Waals surface area contributed by atoms with Crippen molar-refractivity contribution in [1.29, 1.82) is 0 Å². The zero-order chi connectivity index (χ0) is 25.6. The lowest BCUT2D eigenvalue weighted by Gasteiger charge is -2.28. The van der Waals surface area contributed by atoms with Crippen LogP contribution in [-0.4, -0.2) is 28.8 Å². The first-order valence-corrected chi connectivity index (χ1v) is 12.7. The van der Waals surface area contributed by atoms with Gasteiger partial charge in [0.2, 0.25) is 0 Å². The summed E-state index contributed by atoms with van der Waals surface area (Å²) in [6, 6.07) is 23.5. The van der Waals surface area contributed by atoms with Crippen LogP contribution in [-0.2, 0) is 0 Å². The van der Waals surface area contributed by atoms with Gasteiger partial charge in [0, 0.05) is 48.7 Å². The number of pyridine rings is 1. The molecule has 0 spiro atoms. The first-order chi connectivity index (χ1) is 17.3. The number of aromatic nitrogens is 2. The molecule has 1 fully saturated rings. The van der Waals surface area contributed by atoms with Crippen LogP contribution >= 0.6 is 12.2 Å². The number of nitrogens with one attached hydrogen (secondary N) is 1. The lowest BCUT2D eigenvalue weighted by molar-refractivity contribution is 0.565. The van der Waals surface area contributed by atoms with E-state index in [1.807, 2.05) is 18.3 Å². The van der Waals surface area contributed by atoms with Gasteiger partial charge in [0.15, 0.2) is 5.11 Å². The molecule has 3 heterocycles. The lowest BCUT2D eigenvalue weighted by Crippen LogP contribution is -2.29. The van der Waals surface area contributed by atoms with Gasteiger partial charge in [-0.15, -0.1) is 0 Å². The summed E-state index contributed by atoms with van der Waals surface area (Å²) >= 11 is 5.95. The van der Waals surface area contributed by atoms with E-state index < -0.39 is 0 Å². The Hall–Kier alpha value is -3.64. The maximum absolute atomic E-state index is 5.95. The first kappa shape index (κ1) is 24.1. The van der Waals surface area contributed by atoms with Crippen molar-refractivity contribution in [2.45, 2.75) is 39.8 Å². The van der Waals surface area contributed by atoms with E-state index in [1.165, 1.54) is 33.8 Å². The summed E-state index contributed by atoms with van der Waals surface area (Å²) < 4.78 is 2.38. The molecule has 0 radical (unpaired) electrons. The second-order valence-corrected chi connectivity index (χ2v) is 10.2. The molecule has 2 atom stereocenters. The van der Waals surface area contributed by atoms with Crippen molar-refractivity contribution in [3.63, 3.8) is 0 Å². The van der Waals surface area contributed by atoms with E-state index in [0.717, 1.165) is 17.1 Å². The standard InChI is InChI=1S/C30H33N5S/c1-19-10-11-20(2)27(17-19)34-21(3)18-25(22(34)4)29-28(26-9-7-8-16-31-26)32-30(36)35(29)24-14-12-23(13-15-24)33(5)6/h7-18,28-29H,1-6H3,(H,32,36)/t28-,29+/m0/s1. The van der Waals surface area contributed by atoms with Gasteiger partial charge in [-0.3, -0.25) is 4.98 Å².